The van der Waals surface area contributed by atoms with Crippen molar-refractivity contribution in [3.8, 4) is 0 Å². The molecule has 0 N–H and O–H groups in total. The number of hydrogen-bond acceptors (Lipinski definition) is 4. The molecule has 2 rings (SSSR count). The fraction of sp³-hybridized carbons (Fsp3) is 0.444. The van der Waals surface area contributed by atoms with E-state index in [-0.39, 0.29) is 6.04 Å². The van der Waals surface area contributed by atoms with Gasteiger partial charge in [-0.2, -0.15) is 10.1 Å². The summed E-state index contributed by atoms with van der Waals surface area (Å²) in [5.41, 5.74) is 0. The number of rotatable bonds is 3. The maximum atomic E-state index is 5.03. The molecule has 5 nitrogen and oxygen atoms in total. The van der Waals surface area contributed by atoms with Crippen LogP contribution >= 0.6 is 0 Å². The molecule has 0 aliphatic rings. The largest absolute Gasteiger partial charge is 0.339 e. The Morgan fingerprint density at radius 1 is 1.57 bits per heavy atom. The van der Waals surface area contributed by atoms with Gasteiger partial charge in [0.1, 0.15) is 0 Å². The average Bonchev–Trinajstić information content (AvgIpc) is 2.75. The van der Waals surface area contributed by atoms with E-state index in [1.54, 1.807) is 6.20 Å². The van der Waals surface area contributed by atoms with E-state index in [2.05, 4.69) is 22.2 Å². The lowest BCUT2D eigenvalue weighted by Crippen LogP contribution is -2.08. The van der Waals surface area contributed by atoms with E-state index in [4.69, 9.17) is 4.52 Å². The number of nitrogens with zero attached hydrogens (tertiary/aromatic N) is 4. The molecule has 0 fully saturated rings. The molecule has 0 bridgehead atoms. The first-order valence-corrected chi connectivity index (χ1v) is 4.54. The van der Waals surface area contributed by atoms with Crippen molar-refractivity contribution in [3.63, 3.8) is 0 Å². The quantitative estimate of drug-likeness (QED) is 0.737. The Balaban J connectivity index is 2.05. The molecule has 0 aromatic carbocycles. The molecule has 1 unspecified atom stereocenters. The Hall–Kier alpha value is -1.65. The van der Waals surface area contributed by atoms with Gasteiger partial charge in [-0.05, 0) is 19.9 Å². The highest BCUT2D eigenvalue weighted by Crippen LogP contribution is 2.10. The summed E-state index contributed by atoms with van der Waals surface area (Å²) in [6, 6.07) is 2.14. The molecule has 1 atom stereocenters. The van der Waals surface area contributed by atoms with Gasteiger partial charge in [-0.15, -0.1) is 0 Å². The maximum Gasteiger partial charge on any atom is 0.228 e. The zero-order valence-electron chi connectivity index (χ0n) is 8.21. The summed E-state index contributed by atoms with van der Waals surface area (Å²) in [4.78, 5) is 4.14. The van der Waals surface area contributed by atoms with Crippen molar-refractivity contribution in [1.82, 2.24) is 19.9 Å². The number of aryl methyl sites for hydroxylation is 1. The fourth-order valence-corrected chi connectivity index (χ4v) is 1.31. The van der Waals surface area contributed by atoms with Gasteiger partial charge in [0.05, 0.1) is 6.04 Å². The highest BCUT2D eigenvalue weighted by atomic mass is 16.5. The van der Waals surface area contributed by atoms with Crippen LogP contribution in [0.4, 0.5) is 0 Å². The lowest BCUT2D eigenvalue weighted by atomic mass is 10.2. The van der Waals surface area contributed by atoms with E-state index in [0.717, 1.165) is 0 Å². The van der Waals surface area contributed by atoms with Gasteiger partial charge >= 0.3 is 0 Å². The first kappa shape index (κ1) is 8.93. The zero-order chi connectivity index (χ0) is 9.97. The highest BCUT2D eigenvalue weighted by molar-refractivity contribution is 4.87. The third-order valence-corrected chi connectivity index (χ3v) is 2.02. The molecule has 2 heterocycles. The molecule has 2 aromatic rings. The zero-order valence-corrected chi connectivity index (χ0v) is 8.21. The van der Waals surface area contributed by atoms with Gasteiger partial charge in [0.15, 0.2) is 5.82 Å². The second-order valence-corrected chi connectivity index (χ2v) is 3.27. The predicted molar refractivity (Wildman–Crippen MR) is 49.7 cm³/mol. The van der Waals surface area contributed by atoms with Gasteiger partial charge in [-0.3, -0.25) is 4.68 Å². The van der Waals surface area contributed by atoms with E-state index in [9.17, 15) is 0 Å². The van der Waals surface area contributed by atoms with Crippen molar-refractivity contribution in [2.75, 3.05) is 0 Å². The molecule has 14 heavy (non-hydrogen) atoms. The maximum absolute atomic E-state index is 5.03. The summed E-state index contributed by atoms with van der Waals surface area (Å²) in [5, 5.41) is 7.88. The summed E-state index contributed by atoms with van der Waals surface area (Å²) < 4.78 is 6.91. The van der Waals surface area contributed by atoms with Crippen LogP contribution in [-0.2, 0) is 6.42 Å². The van der Waals surface area contributed by atoms with Gasteiger partial charge < -0.3 is 4.52 Å². The van der Waals surface area contributed by atoms with Crippen LogP contribution < -0.4 is 0 Å². The highest BCUT2D eigenvalue weighted by Gasteiger charge is 2.10. The molecule has 0 saturated heterocycles. The van der Waals surface area contributed by atoms with E-state index in [1.165, 1.54) is 0 Å². The van der Waals surface area contributed by atoms with Crippen LogP contribution in [0.3, 0.4) is 0 Å². The second-order valence-electron chi connectivity index (χ2n) is 3.27. The van der Waals surface area contributed by atoms with Crippen molar-refractivity contribution in [2.24, 2.45) is 0 Å². The predicted octanol–water partition coefficient (Wildman–Crippen LogP) is 1.38. The van der Waals surface area contributed by atoms with E-state index in [0.29, 0.717) is 18.1 Å². The molecule has 2 aromatic heterocycles. The minimum Gasteiger partial charge on any atom is -0.339 e. The fourth-order valence-electron chi connectivity index (χ4n) is 1.31. The molecule has 0 aliphatic carbocycles. The van der Waals surface area contributed by atoms with E-state index >= 15 is 0 Å². The molecule has 0 spiro atoms. The smallest absolute Gasteiger partial charge is 0.228 e. The SMILES string of the molecule is Cc1noc(CC(C)n2cccn2)n1. The number of hydrogen-bond donors (Lipinski definition) is 0. The van der Waals surface area contributed by atoms with Gasteiger partial charge in [0.25, 0.3) is 0 Å². The Labute approximate surface area is 81.7 Å². The van der Waals surface area contributed by atoms with E-state index in [1.807, 2.05) is 23.9 Å². The Kier molecular flexibility index (Phi) is 2.30. The van der Waals surface area contributed by atoms with Gasteiger partial charge in [-0.1, -0.05) is 5.16 Å². The summed E-state index contributed by atoms with van der Waals surface area (Å²) in [5.74, 6) is 1.33. The third-order valence-electron chi connectivity index (χ3n) is 2.02. The van der Waals surface area contributed by atoms with Gasteiger partial charge in [0, 0.05) is 18.8 Å². The average molecular weight is 192 g/mol. The van der Waals surface area contributed by atoms with Crippen LogP contribution in [0.1, 0.15) is 24.7 Å². The van der Waals surface area contributed by atoms with Gasteiger partial charge in [0.2, 0.25) is 5.89 Å². The van der Waals surface area contributed by atoms with Gasteiger partial charge in [-0.25, -0.2) is 0 Å². The van der Waals surface area contributed by atoms with Crippen LogP contribution in [0.5, 0.6) is 0 Å². The molecule has 74 valence electrons. The molecule has 0 saturated carbocycles. The summed E-state index contributed by atoms with van der Waals surface area (Å²) in [6.07, 6.45) is 4.39. The van der Waals surface area contributed by atoms with Crippen molar-refractivity contribution in [3.05, 3.63) is 30.2 Å². The van der Waals surface area contributed by atoms with Crippen LogP contribution in [0, 0.1) is 6.92 Å². The molecule has 0 radical (unpaired) electrons. The lowest BCUT2D eigenvalue weighted by molar-refractivity contribution is 0.347. The van der Waals surface area contributed by atoms with Crippen LogP contribution in [0.2, 0.25) is 0 Å². The summed E-state index contributed by atoms with van der Waals surface area (Å²) in [7, 11) is 0. The topological polar surface area (TPSA) is 56.7 Å². The minimum absolute atomic E-state index is 0.241. The molecular weight excluding hydrogens is 180 g/mol. The van der Waals surface area contributed by atoms with E-state index < -0.39 is 0 Å². The van der Waals surface area contributed by atoms with Crippen LogP contribution in [-0.4, -0.2) is 19.9 Å². The van der Waals surface area contributed by atoms with Crippen LogP contribution in [0.15, 0.2) is 23.0 Å². The standard InChI is InChI=1S/C9H12N4O/c1-7(13-5-3-4-10-13)6-9-11-8(2)12-14-9/h3-5,7H,6H2,1-2H3. The Morgan fingerprint density at radius 2 is 2.43 bits per heavy atom. The van der Waals surface area contributed by atoms with Crippen molar-refractivity contribution < 1.29 is 4.52 Å². The third kappa shape index (κ3) is 1.81. The second kappa shape index (κ2) is 3.61. The van der Waals surface area contributed by atoms with Crippen molar-refractivity contribution in [2.45, 2.75) is 26.3 Å². The first-order valence-electron chi connectivity index (χ1n) is 4.54. The Bertz CT molecular complexity index is 393. The minimum atomic E-state index is 0.241. The molecule has 0 aliphatic heterocycles. The molecular formula is C9H12N4O. The Morgan fingerprint density at radius 3 is 3.00 bits per heavy atom. The number of aromatic nitrogens is 4. The van der Waals surface area contributed by atoms with Crippen LogP contribution in [0.25, 0.3) is 0 Å². The normalized spacial score (nSPS) is 13.0. The molecule has 0 amide bonds. The molecule has 5 heteroatoms. The van der Waals surface area contributed by atoms with Crippen molar-refractivity contribution >= 4 is 0 Å². The first-order chi connectivity index (χ1) is 6.75. The summed E-state index contributed by atoms with van der Waals surface area (Å²) in [6.45, 7) is 3.87. The lowest BCUT2D eigenvalue weighted by Gasteiger charge is -2.08. The van der Waals surface area contributed by atoms with Crippen molar-refractivity contribution in [1.29, 1.82) is 0 Å². The monoisotopic (exact) mass is 192 g/mol. The summed E-state index contributed by atoms with van der Waals surface area (Å²) >= 11 is 0.